The third-order valence-corrected chi connectivity index (χ3v) is 3.27. The van der Waals surface area contributed by atoms with Gasteiger partial charge in [-0.25, -0.2) is 0 Å². The highest BCUT2D eigenvalue weighted by atomic mass is 15.3. The summed E-state index contributed by atoms with van der Waals surface area (Å²) in [7, 11) is 1.94. The van der Waals surface area contributed by atoms with Crippen molar-refractivity contribution in [2.75, 3.05) is 0 Å². The van der Waals surface area contributed by atoms with Crippen molar-refractivity contribution in [3.8, 4) is 0 Å². The van der Waals surface area contributed by atoms with Crippen LogP contribution in [0.1, 0.15) is 11.3 Å². The molecular formula is C16H17N3. The van der Waals surface area contributed by atoms with Gasteiger partial charge in [-0.1, -0.05) is 42.5 Å². The first-order valence-electron chi connectivity index (χ1n) is 6.49. The lowest BCUT2D eigenvalue weighted by atomic mass is 10.0. The van der Waals surface area contributed by atoms with Gasteiger partial charge >= 0.3 is 0 Å². The molecule has 1 aromatic heterocycles. The van der Waals surface area contributed by atoms with Crippen LogP contribution in [0.3, 0.4) is 0 Å². The lowest BCUT2D eigenvalue weighted by Crippen LogP contribution is -2.13. The zero-order chi connectivity index (χ0) is 13.1. The largest absolute Gasteiger partial charge is 0.307 e. The normalized spacial score (nSPS) is 11.0. The van der Waals surface area contributed by atoms with Crippen molar-refractivity contribution in [3.63, 3.8) is 0 Å². The summed E-state index contributed by atoms with van der Waals surface area (Å²) in [4.78, 5) is 0. The molecule has 1 N–H and O–H groups in total. The molecule has 0 saturated heterocycles. The minimum atomic E-state index is 0.796. The Kier molecular flexibility index (Phi) is 3.29. The van der Waals surface area contributed by atoms with Crippen molar-refractivity contribution in [2.45, 2.75) is 13.1 Å². The highest BCUT2D eigenvalue weighted by Gasteiger charge is 2.01. The predicted octanol–water partition coefficient (Wildman–Crippen LogP) is 2.86. The van der Waals surface area contributed by atoms with Crippen LogP contribution in [0.4, 0.5) is 0 Å². The van der Waals surface area contributed by atoms with E-state index < -0.39 is 0 Å². The summed E-state index contributed by atoms with van der Waals surface area (Å²) in [6.07, 6.45) is 1.97. The summed E-state index contributed by atoms with van der Waals surface area (Å²) in [6.45, 7) is 1.65. The van der Waals surface area contributed by atoms with Crippen LogP contribution < -0.4 is 5.32 Å². The highest BCUT2D eigenvalue weighted by Crippen LogP contribution is 2.18. The third kappa shape index (κ3) is 2.66. The molecule has 0 atom stereocenters. The van der Waals surface area contributed by atoms with Crippen molar-refractivity contribution in [1.82, 2.24) is 15.1 Å². The maximum absolute atomic E-state index is 4.36. The number of nitrogens with zero attached hydrogens (tertiary/aromatic N) is 2. The Labute approximate surface area is 112 Å². The number of fused-ring (bicyclic) bond motifs is 1. The van der Waals surface area contributed by atoms with Crippen molar-refractivity contribution < 1.29 is 0 Å². The van der Waals surface area contributed by atoms with E-state index in [1.807, 2.05) is 24.0 Å². The van der Waals surface area contributed by atoms with Crippen molar-refractivity contribution >= 4 is 10.8 Å². The maximum atomic E-state index is 4.36. The van der Waals surface area contributed by atoms with Crippen LogP contribution in [0.25, 0.3) is 10.8 Å². The maximum Gasteiger partial charge on any atom is 0.0762 e. The summed E-state index contributed by atoms with van der Waals surface area (Å²) >= 11 is 0. The Balaban J connectivity index is 1.71. The molecule has 3 heteroatoms. The van der Waals surface area contributed by atoms with E-state index in [0.717, 1.165) is 18.8 Å². The zero-order valence-electron chi connectivity index (χ0n) is 11.0. The van der Waals surface area contributed by atoms with Gasteiger partial charge in [0.05, 0.1) is 5.69 Å². The molecule has 0 aliphatic rings. The summed E-state index contributed by atoms with van der Waals surface area (Å²) in [5.74, 6) is 0. The second kappa shape index (κ2) is 5.24. The quantitative estimate of drug-likeness (QED) is 0.772. The third-order valence-electron chi connectivity index (χ3n) is 3.27. The van der Waals surface area contributed by atoms with Crippen LogP contribution >= 0.6 is 0 Å². The van der Waals surface area contributed by atoms with Crippen LogP contribution in [0.2, 0.25) is 0 Å². The molecule has 0 fully saturated rings. The number of benzene rings is 2. The Morgan fingerprint density at radius 3 is 2.68 bits per heavy atom. The van der Waals surface area contributed by atoms with Crippen molar-refractivity contribution in [3.05, 3.63) is 66.0 Å². The van der Waals surface area contributed by atoms with E-state index >= 15 is 0 Å². The molecule has 2 aromatic carbocycles. The van der Waals surface area contributed by atoms with Crippen LogP contribution in [-0.2, 0) is 20.1 Å². The van der Waals surface area contributed by atoms with E-state index in [0.29, 0.717) is 0 Å². The summed E-state index contributed by atoms with van der Waals surface area (Å²) in [5.41, 5.74) is 2.40. The number of hydrogen-bond acceptors (Lipinski definition) is 2. The van der Waals surface area contributed by atoms with Crippen LogP contribution in [0.5, 0.6) is 0 Å². The minimum Gasteiger partial charge on any atom is -0.307 e. The van der Waals surface area contributed by atoms with E-state index in [4.69, 9.17) is 0 Å². The fourth-order valence-corrected chi connectivity index (χ4v) is 2.33. The number of rotatable bonds is 4. The van der Waals surface area contributed by atoms with Crippen molar-refractivity contribution in [1.29, 1.82) is 0 Å². The lowest BCUT2D eigenvalue weighted by Gasteiger charge is -2.07. The Morgan fingerprint density at radius 2 is 1.84 bits per heavy atom. The number of aryl methyl sites for hydroxylation is 1. The number of aromatic nitrogens is 2. The van der Waals surface area contributed by atoms with Gasteiger partial charge in [0.25, 0.3) is 0 Å². The Bertz CT molecular complexity index is 680. The van der Waals surface area contributed by atoms with Gasteiger partial charge in [-0.05, 0) is 22.4 Å². The molecule has 3 nitrogen and oxygen atoms in total. The SMILES string of the molecule is Cn1ccc(CNCc2cccc3ccccc23)n1. The van der Waals surface area contributed by atoms with Gasteiger partial charge < -0.3 is 5.32 Å². The van der Waals surface area contributed by atoms with Gasteiger partial charge in [-0.15, -0.1) is 0 Å². The summed E-state index contributed by atoms with van der Waals surface area (Å²) < 4.78 is 1.83. The molecule has 0 bridgehead atoms. The molecule has 19 heavy (non-hydrogen) atoms. The molecule has 0 radical (unpaired) electrons. The van der Waals surface area contributed by atoms with E-state index in [-0.39, 0.29) is 0 Å². The average molecular weight is 251 g/mol. The lowest BCUT2D eigenvalue weighted by molar-refractivity contribution is 0.658. The molecule has 0 spiro atoms. The molecule has 0 saturated carbocycles. The first-order chi connectivity index (χ1) is 9.33. The van der Waals surface area contributed by atoms with Gasteiger partial charge in [0, 0.05) is 26.3 Å². The molecule has 0 aliphatic heterocycles. The fourth-order valence-electron chi connectivity index (χ4n) is 2.33. The van der Waals surface area contributed by atoms with Gasteiger partial charge in [0.1, 0.15) is 0 Å². The molecule has 0 unspecified atom stereocenters. The first-order valence-corrected chi connectivity index (χ1v) is 6.49. The van der Waals surface area contributed by atoms with Crippen LogP contribution in [-0.4, -0.2) is 9.78 Å². The topological polar surface area (TPSA) is 29.9 Å². The van der Waals surface area contributed by atoms with Gasteiger partial charge in [-0.2, -0.15) is 5.10 Å². The molecule has 0 aliphatic carbocycles. The first kappa shape index (κ1) is 11.9. The molecule has 3 aromatic rings. The van der Waals surface area contributed by atoms with Crippen molar-refractivity contribution in [2.24, 2.45) is 7.05 Å². The average Bonchev–Trinajstić information content (AvgIpc) is 2.85. The second-order valence-electron chi connectivity index (χ2n) is 4.72. The predicted molar refractivity (Wildman–Crippen MR) is 77.7 cm³/mol. The summed E-state index contributed by atoms with van der Waals surface area (Å²) in [6, 6.07) is 17.0. The van der Waals surface area contributed by atoms with Crippen LogP contribution in [0.15, 0.2) is 54.7 Å². The zero-order valence-corrected chi connectivity index (χ0v) is 11.0. The minimum absolute atomic E-state index is 0.796. The van der Waals surface area contributed by atoms with Crippen LogP contribution in [0, 0.1) is 0 Å². The molecule has 1 heterocycles. The van der Waals surface area contributed by atoms with Gasteiger partial charge in [-0.3, -0.25) is 4.68 Å². The highest BCUT2D eigenvalue weighted by molar-refractivity contribution is 5.85. The van der Waals surface area contributed by atoms with E-state index in [2.05, 4.69) is 52.9 Å². The molecule has 0 amide bonds. The monoisotopic (exact) mass is 251 g/mol. The molecule has 3 rings (SSSR count). The van der Waals surface area contributed by atoms with E-state index in [9.17, 15) is 0 Å². The second-order valence-corrected chi connectivity index (χ2v) is 4.72. The van der Waals surface area contributed by atoms with E-state index in [1.54, 1.807) is 0 Å². The Hall–Kier alpha value is -2.13. The van der Waals surface area contributed by atoms with Gasteiger partial charge in [0.2, 0.25) is 0 Å². The standard InChI is InChI=1S/C16H17N3/c1-19-10-9-15(18-19)12-17-11-14-7-4-6-13-5-2-3-8-16(13)14/h2-10,17H,11-12H2,1H3. The number of hydrogen-bond donors (Lipinski definition) is 1. The summed E-state index contributed by atoms with van der Waals surface area (Å²) in [5, 5.41) is 10.4. The fraction of sp³-hybridized carbons (Fsp3) is 0.188. The van der Waals surface area contributed by atoms with Gasteiger partial charge in [0.15, 0.2) is 0 Å². The number of nitrogens with one attached hydrogen (secondary N) is 1. The Morgan fingerprint density at radius 1 is 1.00 bits per heavy atom. The molecular weight excluding hydrogens is 234 g/mol. The smallest absolute Gasteiger partial charge is 0.0762 e. The molecule has 96 valence electrons. The van der Waals surface area contributed by atoms with E-state index in [1.165, 1.54) is 16.3 Å².